The van der Waals surface area contributed by atoms with Gasteiger partial charge in [-0.1, -0.05) is 5.16 Å². The molecule has 2 aliphatic rings. The molecule has 7 nitrogen and oxygen atoms in total. The molecule has 3 atom stereocenters. The fourth-order valence-corrected chi connectivity index (χ4v) is 3.45. The standard InChI is InChI=1S/C16H18N4O3/c1-10-18-15(23-19-10)6-13-5-12-8-20(9-14(12)22-13)16(21)11-3-2-4-17-7-11/h2-4,7,12-14H,5-6,8-9H2,1H3/t12-,13-,14+/m0/s1. The highest BCUT2D eigenvalue weighted by molar-refractivity contribution is 5.94. The Morgan fingerprint density at radius 3 is 3.04 bits per heavy atom. The van der Waals surface area contributed by atoms with Crippen molar-refractivity contribution in [3.8, 4) is 0 Å². The Kier molecular flexibility index (Phi) is 3.57. The number of aromatic nitrogens is 3. The van der Waals surface area contributed by atoms with Crippen LogP contribution in [0.3, 0.4) is 0 Å². The van der Waals surface area contributed by atoms with Gasteiger partial charge in [-0.25, -0.2) is 0 Å². The summed E-state index contributed by atoms with van der Waals surface area (Å²) in [7, 11) is 0. The van der Waals surface area contributed by atoms with Gasteiger partial charge in [0, 0.05) is 31.4 Å². The molecule has 1 amide bonds. The topological polar surface area (TPSA) is 81.4 Å². The van der Waals surface area contributed by atoms with Gasteiger partial charge in [-0.2, -0.15) is 4.98 Å². The van der Waals surface area contributed by atoms with Crippen molar-refractivity contribution in [2.24, 2.45) is 5.92 Å². The van der Waals surface area contributed by atoms with Crippen LogP contribution in [0.25, 0.3) is 0 Å². The van der Waals surface area contributed by atoms with Crippen LogP contribution >= 0.6 is 0 Å². The zero-order valence-corrected chi connectivity index (χ0v) is 12.9. The largest absolute Gasteiger partial charge is 0.372 e. The number of nitrogens with zero attached hydrogens (tertiary/aromatic N) is 4. The highest BCUT2D eigenvalue weighted by Gasteiger charge is 2.43. The molecule has 0 spiro atoms. The van der Waals surface area contributed by atoms with Crippen molar-refractivity contribution in [2.75, 3.05) is 13.1 Å². The van der Waals surface area contributed by atoms with Gasteiger partial charge in [-0.05, 0) is 25.5 Å². The molecule has 2 aliphatic heterocycles. The Balaban J connectivity index is 1.36. The summed E-state index contributed by atoms with van der Waals surface area (Å²) >= 11 is 0. The molecule has 0 unspecified atom stereocenters. The molecule has 0 aromatic carbocycles. The van der Waals surface area contributed by atoms with Crippen LogP contribution in [-0.4, -0.2) is 51.2 Å². The number of hydrogen-bond acceptors (Lipinski definition) is 6. The molecule has 4 heterocycles. The van der Waals surface area contributed by atoms with Crippen LogP contribution in [0.4, 0.5) is 0 Å². The van der Waals surface area contributed by atoms with Gasteiger partial charge in [0.1, 0.15) is 0 Å². The average Bonchev–Trinajstić information content (AvgIpc) is 3.22. The van der Waals surface area contributed by atoms with E-state index in [-0.39, 0.29) is 18.1 Å². The summed E-state index contributed by atoms with van der Waals surface area (Å²) < 4.78 is 11.2. The van der Waals surface area contributed by atoms with Crippen LogP contribution < -0.4 is 0 Å². The number of aryl methyl sites for hydroxylation is 1. The normalized spacial score (nSPS) is 26.5. The lowest BCUT2D eigenvalue weighted by atomic mass is 10.0. The van der Waals surface area contributed by atoms with Gasteiger partial charge in [0.25, 0.3) is 5.91 Å². The van der Waals surface area contributed by atoms with Gasteiger partial charge in [0.2, 0.25) is 5.89 Å². The molecule has 0 aliphatic carbocycles. The molecule has 0 saturated carbocycles. The first-order valence-electron chi connectivity index (χ1n) is 7.83. The van der Waals surface area contributed by atoms with Crippen LogP contribution in [0.1, 0.15) is 28.5 Å². The smallest absolute Gasteiger partial charge is 0.255 e. The number of carbonyl (C=O) groups is 1. The second-order valence-corrected chi connectivity index (χ2v) is 6.18. The molecule has 2 saturated heterocycles. The SMILES string of the molecule is Cc1noc(C[C@@H]2C[C@H]3CN(C(=O)c4cccnc4)C[C@H]3O2)n1. The molecular formula is C16H18N4O3. The molecule has 2 aromatic rings. The van der Waals surface area contributed by atoms with Crippen molar-refractivity contribution in [1.82, 2.24) is 20.0 Å². The maximum atomic E-state index is 12.5. The maximum Gasteiger partial charge on any atom is 0.255 e. The van der Waals surface area contributed by atoms with E-state index < -0.39 is 0 Å². The van der Waals surface area contributed by atoms with E-state index in [1.54, 1.807) is 31.5 Å². The minimum atomic E-state index is 0.0279. The number of hydrogen-bond donors (Lipinski definition) is 0. The number of fused-ring (bicyclic) bond motifs is 1. The Hall–Kier alpha value is -2.28. The van der Waals surface area contributed by atoms with E-state index in [2.05, 4.69) is 15.1 Å². The van der Waals surface area contributed by atoms with Crippen LogP contribution in [0.5, 0.6) is 0 Å². The predicted octanol–water partition coefficient (Wildman–Crippen LogP) is 1.25. The number of ether oxygens (including phenoxy) is 1. The van der Waals surface area contributed by atoms with Crippen LogP contribution in [0.15, 0.2) is 29.0 Å². The number of carbonyl (C=O) groups excluding carboxylic acids is 1. The summed E-state index contributed by atoms with van der Waals surface area (Å²) in [6, 6.07) is 3.58. The summed E-state index contributed by atoms with van der Waals surface area (Å²) in [5.74, 6) is 1.67. The summed E-state index contributed by atoms with van der Waals surface area (Å²) in [5.41, 5.74) is 0.630. The van der Waals surface area contributed by atoms with Crippen LogP contribution in [0, 0.1) is 12.8 Å². The maximum absolute atomic E-state index is 12.5. The molecule has 0 radical (unpaired) electrons. The van der Waals surface area contributed by atoms with Gasteiger partial charge >= 0.3 is 0 Å². The summed E-state index contributed by atoms with van der Waals surface area (Å²) in [5, 5.41) is 3.80. The molecule has 4 rings (SSSR count). The van der Waals surface area contributed by atoms with Crippen molar-refractivity contribution in [3.05, 3.63) is 41.8 Å². The quantitative estimate of drug-likeness (QED) is 0.848. The first-order chi connectivity index (χ1) is 11.2. The predicted molar refractivity (Wildman–Crippen MR) is 79.6 cm³/mol. The minimum absolute atomic E-state index is 0.0279. The average molecular weight is 314 g/mol. The number of amides is 1. The van der Waals surface area contributed by atoms with E-state index in [0.29, 0.717) is 36.2 Å². The van der Waals surface area contributed by atoms with Crippen molar-refractivity contribution in [1.29, 1.82) is 0 Å². The highest BCUT2D eigenvalue weighted by Crippen LogP contribution is 2.34. The highest BCUT2D eigenvalue weighted by atomic mass is 16.5. The van der Waals surface area contributed by atoms with E-state index in [1.165, 1.54) is 0 Å². The zero-order chi connectivity index (χ0) is 15.8. The van der Waals surface area contributed by atoms with Crippen molar-refractivity contribution < 1.29 is 14.1 Å². The second-order valence-electron chi connectivity index (χ2n) is 6.18. The molecular weight excluding hydrogens is 296 g/mol. The molecule has 2 aromatic heterocycles. The van der Waals surface area contributed by atoms with Gasteiger partial charge in [0.15, 0.2) is 5.82 Å². The monoisotopic (exact) mass is 314 g/mol. The van der Waals surface area contributed by atoms with Crippen molar-refractivity contribution in [2.45, 2.75) is 32.0 Å². The Morgan fingerprint density at radius 1 is 1.43 bits per heavy atom. The Labute approximate surface area is 133 Å². The fourth-order valence-electron chi connectivity index (χ4n) is 3.45. The van der Waals surface area contributed by atoms with Crippen LogP contribution in [-0.2, 0) is 11.2 Å². The molecule has 0 bridgehead atoms. The van der Waals surface area contributed by atoms with E-state index in [9.17, 15) is 4.79 Å². The third-order valence-corrected chi connectivity index (χ3v) is 4.48. The van der Waals surface area contributed by atoms with E-state index in [4.69, 9.17) is 9.26 Å². The van der Waals surface area contributed by atoms with E-state index in [1.807, 2.05) is 4.90 Å². The minimum Gasteiger partial charge on any atom is -0.372 e. The van der Waals surface area contributed by atoms with Crippen molar-refractivity contribution >= 4 is 5.91 Å². The lowest BCUT2D eigenvalue weighted by Gasteiger charge is -2.18. The summed E-state index contributed by atoms with van der Waals surface area (Å²) in [6.45, 7) is 3.18. The Morgan fingerprint density at radius 2 is 2.35 bits per heavy atom. The first-order valence-corrected chi connectivity index (χ1v) is 7.83. The summed E-state index contributed by atoms with van der Waals surface area (Å²) in [4.78, 5) is 22.5. The summed E-state index contributed by atoms with van der Waals surface area (Å²) in [6.07, 6.45) is 5.04. The molecule has 2 fully saturated rings. The number of pyridine rings is 1. The van der Waals surface area contributed by atoms with E-state index in [0.717, 1.165) is 13.0 Å². The third-order valence-electron chi connectivity index (χ3n) is 4.48. The second kappa shape index (κ2) is 5.73. The molecule has 23 heavy (non-hydrogen) atoms. The zero-order valence-electron chi connectivity index (χ0n) is 12.9. The lowest BCUT2D eigenvalue weighted by molar-refractivity contribution is 0.0330. The number of likely N-dealkylation sites (tertiary alicyclic amines) is 1. The lowest BCUT2D eigenvalue weighted by Crippen LogP contribution is -2.31. The molecule has 0 N–H and O–H groups in total. The number of rotatable bonds is 3. The van der Waals surface area contributed by atoms with Crippen molar-refractivity contribution in [3.63, 3.8) is 0 Å². The van der Waals surface area contributed by atoms with Gasteiger partial charge < -0.3 is 14.2 Å². The fraction of sp³-hybridized carbons (Fsp3) is 0.500. The Bertz CT molecular complexity index is 688. The first kappa shape index (κ1) is 14.3. The van der Waals surface area contributed by atoms with Gasteiger partial charge in [0.05, 0.1) is 24.2 Å². The third kappa shape index (κ3) is 2.84. The van der Waals surface area contributed by atoms with Gasteiger partial charge in [-0.15, -0.1) is 0 Å². The van der Waals surface area contributed by atoms with E-state index >= 15 is 0 Å². The van der Waals surface area contributed by atoms with Gasteiger partial charge in [-0.3, -0.25) is 9.78 Å². The molecule has 120 valence electrons. The molecule has 7 heteroatoms. The van der Waals surface area contributed by atoms with Crippen LogP contribution in [0.2, 0.25) is 0 Å².